The summed E-state index contributed by atoms with van der Waals surface area (Å²) >= 11 is 0. The maximum Gasteiger partial charge on any atom is 0.391 e. The second kappa shape index (κ2) is 10.2. The van der Waals surface area contributed by atoms with Crippen molar-refractivity contribution >= 4 is 11.8 Å². The van der Waals surface area contributed by atoms with Gasteiger partial charge in [-0.25, -0.2) is 9.97 Å². The second-order valence-corrected chi connectivity index (χ2v) is 8.53. The molecule has 3 N–H and O–H groups in total. The van der Waals surface area contributed by atoms with Gasteiger partial charge in [-0.1, -0.05) is 38.3 Å². The van der Waals surface area contributed by atoms with E-state index in [-0.39, 0.29) is 0 Å². The van der Waals surface area contributed by atoms with Crippen LogP contribution in [0.1, 0.15) is 64.5 Å². The van der Waals surface area contributed by atoms with Crippen molar-refractivity contribution in [2.75, 3.05) is 5.43 Å². The molecule has 4 rings (SSSR count). The Labute approximate surface area is 190 Å². The van der Waals surface area contributed by atoms with E-state index in [1.807, 2.05) is 6.20 Å². The van der Waals surface area contributed by atoms with Gasteiger partial charge in [0.15, 0.2) is 5.82 Å². The average molecular weight is 460 g/mol. The zero-order valence-electron chi connectivity index (χ0n) is 18.9. The summed E-state index contributed by atoms with van der Waals surface area (Å²) in [6.45, 7) is 4.31. The lowest BCUT2D eigenvalue weighted by Crippen LogP contribution is -2.31. The molecule has 1 saturated carbocycles. The van der Waals surface area contributed by atoms with Crippen LogP contribution in [-0.4, -0.2) is 20.7 Å². The van der Waals surface area contributed by atoms with Crippen LogP contribution in [-0.2, 0) is 0 Å². The number of nitriles is 1. The van der Waals surface area contributed by atoms with Crippen LogP contribution < -0.4 is 22.0 Å². The van der Waals surface area contributed by atoms with Crippen molar-refractivity contribution in [2.45, 2.75) is 65.1 Å². The summed E-state index contributed by atoms with van der Waals surface area (Å²) in [4.78, 5) is 13.5. The van der Waals surface area contributed by atoms with E-state index in [4.69, 9.17) is 5.84 Å². The van der Waals surface area contributed by atoms with Crippen LogP contribution in [0.25, 0.3) is 17.6 Å². The Morgan fingerprint density at radius 2 is 1.82 bits per heavy atom. The molecule has 0 radical (unpaired) electrons. The molecule has 1 aliphatic heterocycles. The molecule has 0 unspecified atom stereocenters. The van der Waals surface area contributed by atoms with Crippen molar-refractivity contribution in [1.29, 1.82) is 5.26 Å². The molecule has 2 aromatic rings. The smallest absolute Gasteiger partial charge is 0.333 e. The van der Waals surface area contributed by atoms with E-state index in [1.54, 1.807) is 12.4 Å². The van der Waals surface area contributed by atoms with E-state index in [2.05, 4.69) is 44.0 Å². The third-order valence-electron chi connectivity index (χ3n) is 5.73. The first kappa shape index (κ1) is 24.5. The Hall–Kier alpha value is -3.19. The van der Waals surface area contributed by atoms with E-state index in [0.29, 0.717) is 23.1 Å². The highest BCUT2D eigenvalue weighted by Crippen LogP contribution is 2.32. The molecule has 0 bridgehead atoms. The number of aromatic nitrogens is 3. The van der Waals surface area contributed by atoms with Crippen molar-refractivity contribution in [1.82, 2.24) is 14.5 Å². The molecule has 3 heterocycles. The molecule has 10 heteroatoms. The first-order valence-electron chi connectivity index (χ1n) is 10.9. The highest BCUT2D eigenvalue weighted by molar-refractivity contribution is 5.63. The topological polar surface area (TPSA) is 105 Å². The number of nitrogens with zero attached hydrogens (tertiary/aromatic N) is 5. The number of anilines is 1. The van der Waals surface area contributed by atoms with Gasteiger partial charge >= 0.3 is 6.18 Å². The van der Waals surface area contributed by atoms with Gasteiger partial charge in [-0.15, -0.1) is 0 Å². The normalized spacial score (nSPS) is 15.9. The summed E-state index contributed by atoms with van der Waals surface area (Å²) in [6, 6.07) is 2.70. The van der Waals surface area contributed by atoms with Crippen LogP contribution in [0.2, 0.25) is 0 Å². The molecular weight excluding hydrogens is 431 g/mol. The molecule has 0 atom stereocenters. The van der Waals surface area contributed by atoms with Crippen molar-refractivity contribution in [3.63, 3.8) is 0 Å². The highest BCUT2D eigenvalue weighted by Gasteiger charge is 2.31. The lowest BCUT2D eigenvalue weighted by molar-refractivity contribution is -0.164. The van der Waals surface area contributed by atoms with Crippen LogP contribution in [0.5, 0.6) is 0 Å². The Kier molecular flexibility index (Phi) is 7.53. The van der Waals surface area contributed by atoms with Gasteiger partial charge in [0.1, 0.15) is 22.7 Å². The van der Waals surface area contributed by atoms with E-state index in [1.165, 1.54) is 18.4 Å². The van der Waals surface area contributed by atoms with Gasteiger partial charge in [0.2, 0.25) is 0 Å². The monoisotopic (exact) mass is 459 g/mol. The van der Waals surface area contributed by atoms with Crippen LogP contribution in [0.15, 0.2) is 29.2 Å². The molecule has 0 aromatic carbocycles. The van der Waals surface area contributed by atoms with Gasteiger partial charge < -0.3 is 9.99 Å². The minimum Gasteiger partial charge on any atom is -0.333 e. The minimum absolute atomic E-state index is 0.349. The van der Waals surface area contributed by atoms with Gasteiger partial charge in [-0.05, 0) is 26.2 Å². The summed E-state index contributed by atoms with van der Waals surface area (Å²) in [5, 5.41) is 11.7. The van der Waals surface area contributed by atoms with Crippen molar-refractivity contribution in [3.8, 4) is 17.6 Å². The number of hydrazine groups is 1. The van der Waals surface area contributed by atoms with Crippen molar-refractivity contribution in [3.05, 3.63) is 40.4 Å². The largest absolute Gasteiger partial charge is 0.391 e. The van der Waals surface area contributed by atoms with E-state index in [9.17, 15) is 18.4 Å². The standard InChI is InChI=1S/C19H21N7.C4H7F3/c1-12-6-7-16-17(22-9-12)15(8-20)18(26(16)14-4-2-3-5-14)19-23-10-13(25-21)11-24-19;1-3(2)4(5,6)7/h7,9-11,14,25H,2-6,21H2,1H3;3H,1-2H3. The maximum absolute atomic E-state index is 11.2. The molecule has 0 saturated heterocycles. The first-order valence-corrected chi connectivity index (χ1v) is 10.9. The molecule has 2 aliphatic rings. The predicted octanol–water partition coefficient (Wildman–Crippen LogP) is 4.13. The number of allylic oxidation sites excluding steroid dienone is 1. The summed E-state index contributed by atoms with van der Waals surface area (Å²) in [6.07, 6.45) is 8.72. The molecule has 7 nitrogen and oxygen atoms in total. The van der Waals surface area contributed by atoms with Crippen molar-refractivity contribution < 1.29 is 13.2 Å². The number of nitrogens with two attached hydrogens (primary N) is 1. The fourth-order valence-electron chi connectivity index (χ4n) is 3.80. The number of alkyl halides is 3. The number of hydrogen-bond acceptors (Lipinski definition) is 6. The molecule has 1 fully saturated rings. The van der Waals surface area contributed by atoms with E-state index >= 15 is 0 Å². The summed E-state index contributed by atoms with van der Waals surface area (Å²) < 4.78 is 35.8. The van der Waals surface area contributed by atoms with Gasteiger partial charge in [-0.2, -0.15) is 18.4 Å². The van der Waals surface area contributed by atoms with Gasteiger partial charge in [0, 0.05) is 18.2 Å². The molecule has 0 amide bonds. The van der Waals surface area contributed by atoms with Crippen LogP contribution >= 0.6 is 0 Å². The number of nitrogens with one attached hydrogen (secondary N) is 1. The number of halogens is 3. The number of hydrogen-bond donors (Lipinski definition) is 2. The second-order valence-electron chi connectivity index (χ2n) is 8.53. The highest BCUT2D eigenvalue weighted by atomic mass is 19.4. The molecular formula is C23H28F3N7. The van der Waals surface area contributed by atoms with E-state index in [0.717, 1.165) is 49.5 Å². The van der Waals surface area contributed by atoms with Crippen LogP contribution in [0.3, 0.4) is 0 Å². The van der Waals surface area contributed by atoms with Gasteiger partial charge in [0.05, 0.1) is 23.4 Å². The number of fused-ring (bicyclic) bond motifs is 1. The summed E-state index contributed by atoms with van der Waals surface area (Å²) in [7, 11) is 0. The number of nitrogen functional groups attached to an aromatic ring is 1. The lowest BCUT2D eigenvalue weighted by atomic mass is 10.2. The summed E-state index contributed by atoms with van der Waals surface area (Å²) in [5.74, 6) is 4.75. The molecule has 33 heavy (non-hydrogen) atoms. The third kappa shape index (κ3) is 5.42. The Balaban J connectivity index is 0.000000383. The summed E-state index contributed by atoms with van der Waals surface area (Å²) in [5.41, 5.74) is 5.65. The molecule has 0 spiro atoms. The fourth-order valence-corrected chi connectivity index (χ4v) is 3.80. The molecule has 2 aromatic heterocycles. The quantitative estimate of drug-likeness (QED) is 0.530. The zero-order valence-corrected chi connectivity index (χ0v) is 18.9. The number of rotatable bonds is 3. The van der Waals surface area contributed by atoms with E-state index < -0.39 is 12.1 Å². The fraction of sp³-hybridized carbons (Fsp3) is 0.478. The zero-order chi connectivity index (χ0) is 24.2. The average Bonchev–Trinajstić information content (AvgIpc) is 3.37. The van der Waals surface area contributed by atoms with Gasteiger partial charge in [-0.3, -0.25) is 10.8 Å². The lowest BCUT2D eigenvalue weighted by Gasteiger charge is -2.16. The maximum atomic E-state index is 11.2. The van der Waals surface area contributed by atoms with Crippen LogP contribution in [0, 0.1) is 17.2 Å². The predicted molar refractivity (Wildman–Crippen MR) is 120 cm³/mol. The Morgan fingerprint density at radius 3 is 2.33 bits per heavy atom. The molecule has 176 valence electrons. The first-order chi connectivity index (χ1) is 15.7. The molecule has 1 aliphatic carbocycles. The Morgan fingerprint density at radius 1 is 1.21 bits per heavy atom. The van der Waals surface area contributed by atoms with Crippen molar-refractivity contribution in [2.24, 2.45) is 16.8 Å². The Bertz CT molecular complexity index is 1160. The minimum atomic E-state index is -4.00. The van der Waals surface area contributed by atoms with Gasteiger partial charge in [0.25, 0.3) is 0 Å². The SMILES string of the molecule is CC(C)C(F)(F)F.CC1=CN=c2c(C#N)c(-c3ncc(NN)cn3)n(C3CCCC3)c2=CC1. The van der Waals surface area contributed by atoms with Crippen LogP contribution in [0.4, 0.5) is 18.9 Å². The third-order valence-corrected chi connectivity index (χ3v) is 5.73.